The standard InChI is InChI=1S/C15H19NOS/c1-11-4-9-14(18-11)15(2,16)10-12-5-7-13(17-3)8-6-12/h4-9H,10,16H2,1-3H3. The van der Waals surface area contributed by atoms with Gasteiger partial charge in [0, 0.05) is 9.75 Å². The van der Waals surface area contributed by atoms with Gasteiger partial charge in [0.2, 0.25) is 0 Å². The van der Waals surface area contributed by atoms with Crippen LogP contribution in [0.15, 0.2) is 36.4 Å². The van der Waals surface area contributed by atoms with Crippen LogP contribution in [0.3, 0.4) is 0 Å². The lowest BCUT2D eigenvalue weighted by Crippen LogP contribution is -2.34. The summed E-state index contributed by atoms with van der Waals surface area (Å²) in [6.45, 7) is 4.19. The fourth-order valence-corrected chi connectivity index (χ4v) is 2.92. The minimum atomic E-state index is -0.312. The molecule has 1 heterocycles. The van der Waals surface area contributed by atoms with E-state index in [4.69, 9.17) is 10.5 Å². The van der Waals surface area contributed by atoms with E-state index in [-0.39, 0.29) is 5.54 Å². The first-order valence-electron chi connectivity index (χ1n) is 6.00. The summed E-state index contributed by atoms with van der Waals surface area (Å²) in [7, 11) is 1.68. The number of hydrogen-bond donors (Lipinski definition) is 1. The topological polar surface area (TPSA) is 35.2 Å². The maximum absolute atomic E-state index is 6.43. The lowest BCUT2D eigenvalue weighted by atomic mass is 9.92. The number of ether oxygens (including phenoxy) is 1. The minimum Gasteiger partial charge on any atom is -0.497 e. The third-order valence-electron chi connectivity index (χ3n) is 3.03. The Balaban J connectivity index is 2.16. The monoisotopic (exact) mass is 261 g/mol. The van der Waals surface area contributed by atoms with Gasteiger partial charge in [-0.05, 0) is 50.1 Å². The maximum atomic E-state index is 6.43. The van der Waals surface area contributed by atoms with Gasteiger partial charge in [-0.2, -0.15) is 0 Å². The van der Waals surface area contributed by atoms with E-state index in [0.29, 0.717) is 0 Å². The molecule has 0 fully saturated rings. The largest absolute Gasteiger partial charge is 0.497 e. The number of thiophene rings is 1. The zero-order valence-corrected chi connectivity index (χ0v) is 11.9. The highest BCUT2D eigenvalue weighted by Gasteiger charge is 2.23. The molecule has 0 radical (unpaired) electrons. The molecule has 1 unspecified atom stereocenters. The highest BCUT2D eigenvalue weighted by atomic mass is 32.1. The van der Waals surface area contributed by atoms with E-state index in [1.165, 1.54) is 15.3 Å². The van der Waals surface area contributed by atoms with Crippen LogP contribution in [-0.4, -0.2) is 7.11 Å². The molecule has 1 aromatic heterocycles. The predicted molar refractivity (Wildman–Crippen MR) is 77.3 cm³/mol. The van der Waals surface area contributed by atoms with Gasteiger partial charge >= 0.3 is 0 Å². The zero-order chi connectivity index (χ0) is 13.2. The van der Waals surface area contributed by atoms with E-state index in [1.54, 1.807) is 18.4 Å². The Labute approximate surface area is 112 Å². The van der Waals surface area contributed by atoms with Crippen LogP contribution in [0.1, 0.15) is 22.2 Å². The summed E-state index contributed by atoms with van der Waals surface area (Å²) in [5.74, 6) is 0.879. The van der Waals surface area contributed by atoms with Crippen LogP contribution in [0.5, 0.6) is 5.75 Å². The predicted octanol–water partition coefficient (Wildman–Crippen LogP) is 3.48. The number of methoxy groups -OCH3 is 1. The molecule has 0 amide bonds. The van der Waals surface area contributed by atoms with E-state index in [0.717, 1.165) is 12.2 Å². The summed E-state index contributed by atoms with van der Waals surface area (Å²) in [6.07, 6.45) is 0.830. The number of benzene rings is 1. The first-order chi connectivity index (χ1) is 8.51. The normalized spacial score (nSPS) is 14.2. The second-order valence-electron chi connectivity index (χ2n) is 4.85. The van der Waals surface area contributed by atoms with Gasteiger partial charge < -0.3 is 10.5 Å². The lowest BCUT2D eigenvalue weighted by Gasteiger charge is -2.23. The third-order valence-corrected chi connectivity index (χ3v) is 4.31. The zero-order valence-electron chi connectivity index (χ0n) is 11.1. The molecule has 18 heavy (non-hydrogen) atoms. The first kappa shape index (κ1) is 13.1. The van der Waals surface area contributed by atoms with E-state index >= 15 is 0 Å². The summed E-state index contributed by atoms with van der Waals surface area (Å²) >= 11 is 1.77. The van der Waals surface area contributed by atoms with Crippen LogP contribution in [0.4, 0.5) is 0 Å². The summed E-state index contributed by atoms with van der Waals surface area (Å²) in [4.78, 5) is 2.53. The van der Waals surface area contributed by atoms with Crippen LogP contribution >= 0.6 is 11.3 Å². The molecule has 96 valence electrons. The molecule has 0 spiro atoms. The molecule has 2 nitrogen and oxygen atoms in total. The molecule has 0 saturated heterocycles. The Bertz CT molecular complexity index is 514. The van der Waals surface area contributed by atoms with Gasteiger partial charge in [-0.15, -0.1) is 11.3 Å². The van der Waals surface area contributed by atoms with Crippen molar-refractivity contribution in [2.24, 2.45) is 5.73 Å². The number of nitrogens with two attached hydrogens (primary N) is 1. The average molecular weight is 261 g/mol. The molecule has 1 atom stereocenters. The molecule has 0 aliphatic rings. The fourth-order valence-electron chi connectivity index (χ4n) is 2.00. The van der Waals surface area contributed by atoms with Crippen LogP contribution < -0.4 is 10.5 Å². The molecule has 0 bridgehead atoms. The number of aryl methyl sites for hydroxylation is 1. The van der Waals surface area contributed by atoms with Gasteiger partial charge in [0.05, 0.1) is 12.6 Å². The Morgan fingerprint density at radius 3 is 2.33 bits per heavy atom. The van der Waals surface area contributed by atoms with Gasteiger partial charge in [-0.1, -0.05) is 12.1 Å². The van der Waals surface area contributed by atoms with E-state index in [9.17, 15) is 0 Å². The molecule has 2 rings (SSSR count). The van der Waals surface area contributed by atoms with Gasteiger partial charge in [-0.3, -0.25) is 0 Å². The maximum Gasteiger partial charge on any atom is 0.118 e. The van der Waals surface area contributed by atoms with Crippen LogP contribution in [0.25, 0.3) is 0 Å². The molecule has 2 aromatic rings. The summed E-state index contributed by atoms with van der Waals surface area (Å²) in [5, 5.41) is 0. The van der Waals surface area contributed by atoms with Crippen molar-refractivity contribution in [3.05, 3.63) is 51.7 Å². The lowest BCUT2D eigenvalue weighted by molar-refractivity contribution is 0.414. The molecular formula is C15H19NOS. The van der Waals surface area contributed by atoms with Crippen LogP contribution in [0, 0.1) is 6.92 Å². The molecule has 3 heteroatoms. The second kappa shape index (κ2) is 5.12. The Kier molecular flexibility index (Phi) is 3.73. The van der Waals surface area contributed by atoms with Crippen molar-refractivity contribution >= 4 is 11.3 Å². The van der Waals surface area contributed by atoms with Crippen LogP contribution in [-0.2, 0) is 12.0 Å². The average Bonchev–Trinajstić information content (AvgIpc) is 2.77. The molecular weight excluding hydrogens is 242 g/mol. The van der Waals surface area contributed by atoms with Gasteiger partial charge in [0.1, 0.15) is 5.75 Å². The quantitative estimate of drug-likeness (QED) is 0.914. The van der Waals surface area contributed by atoms with Crippen molar-refractivity contribution in [1.29, 1.82) is 0 Å². The SMILES string of the molecule is COc1ccc(CC(C)(N)c2ccc(C)s2)cc1. The van der Waals surface area contributed by atoms with Gasteiger partial charge in [0.15, 0.2) is 0 Å². The van der Waals surface area contributed by atoms with Crippen molar-refractivity contribution < 1.29 is 4.74 Å². The first-order valence-corrected chi connectivity index (χ1v) is 6.81. The Morgan fingerprint density at radius 2 is 1.83 bits per heavy atom. The number of hydrogen-bond acceptors (Lipinski definition) is 3. The fraction of sp³-hybridized carbons (Fsp3) is 0.333. The molecule has 1 aromatic carbocycles. The van der Waals surface area contributed by atoms with E-state index in [2.05, 4.69) is 38.1 Å². The van der Waals surface area contributed by atoms with Crippen molar-refractivity contribution in [2.45, 2.75) is 25.8 Å². The van der Waals surface area contributed by atoms with Crippen LogP contribution in [0.2, 0.25) is 0 Å². The Hall–Kier alpha value is -1.32. The molecule has 2 N–H and O–H groups in total. The van der Waals surface area contributed by atoms with Gasteiger partial charge in [0.25, 0.3) is 0 Å². The van der Waals surface area contributed by atoms with Crippen molar-refractivity contribution in [2.75, 3.05) is 7.11 Å². The third kappa shape index (κ3) is 2.92. The van der Waals surface area contributed by atoms with Gasteiger partial charge in [-0.25, -0.2) is 0 Å². The van der Waals surface area contributed by atoms with Crippen molar-refractivity contribution in [3.8, 4) is 5.75 Å². The molecule has 0 aliphatic heterocycles. The minimum absolute atomic E-state index is 0.312. The second-order valence-corrected chi connectivity index (χ2v) is 6.14. The number of rotatable bonds is 4. The van der Waals surface area contributed by atoms with E-state index < -0.39 is 0 Å². The van der Waals surface area contributed by atoms with Crippen molar-refractivity contribution in [3.63, 3.8) is 0 Å². The summed E-state index contributed by atoms with van der Waals surface area (Å²) < 4.78 is 5.16. The molecule has 0 aliphatic carbocycles. The highest BCUT2D eigenvalue weighted by molar-refractivity contribution is 7.12. The summed E-state index contributed by atoms with van der Waals surface area (Å²) in [6, 6.07) is 12.4. The smallest absolute Gasteiger partial charge is 0.118 e. The highest BCUT2D eigenvalue weighted by Crippen LogP contribution is 2.29. The van der Waals surface area contributed by atoms with Crippen molar-refractivity contribution in [1.82, 2.24) is 0 Å². The van der Waals surface area contributed by atoms with E-state index in [1.807, 2.05) is 12.1 Å². The Morgan fingerprint density at radius 1 is 1.17 bits per heavy atom. The molecule has 0 saturated carbocycles. The summed E-state index contributed by atoms with van der Waals surface area (Å²) in [5.41, 5.74) is 7.35.